The summed E-state index contributed by atoms with van der Waals surface area (Å²) >= 11 is 0. The highest BCUT2D eigenvalue weighted by Gasteiger charge is 2.19. The fourth-order valence-electron chi connectivity index (χ4n) is 1.57. The molecular weight excluding hydrogens is 256 g/mol. The van der Waals surface area contributed by atoms with E-state index in [1.54, 1.807) is 12.1 Å². The van der Waals surface area contributed by atoms with Gasteiger partial charge in [-0.2, -0.15) is 0 Å². The second kappa shape index (κ2) is 4.43. The number of aromatic hydroxyl groups is 1. The Balaban J connectivity index is 2.77. The molecule has 0 aliphatic heterocycles. The molecule has 0 amide bonds. The molecule has 18 heavy (non-hydrogen) atoms. The Labute approximate surface area is 104 Å². The zero-order chi connectivity index (χ0) is 13.3. The molecule has 0 saturated carbocycles. The van der Waals surface area contributed by atoms with Gasteiger partial charge in [0.2, 0.25) is 10.0 Å². The van der Waals surface area contributed by atoms with Crippen molar-refractivity contribution in [1.29, 1.82) is 0 Å². The predicted molar refractivity (Wildman–Crippen MR) is 66.2 cm³/mol. The first kappa shape index (κ1) is 12.6. The van der Waals surface area contributed by atoms with E-state index < -0.39 is 10.0 Å². The minimum absolute atomic E-state index is 0.259. The summed E-state index contributed by atoms with van der Waals surface area (Å²) in [4.78, 5) is 3.74. The lowest BCUT2D eigenvalue weighted by Crippen LogP contribution is -2.18. The van der Waals surface area contributed by atoms with E-state index in [2.05, 4.69) is 9.71 Å². The highest BCUT2D eigenvalue weighted by molar-refractivity contribution is 7.89. The first-order valence-corrected chi connectivity index (χ1v) is 6.57. The van der Waals surface area contributed by atoms with Gasteiger partial charge in [-0.1, -0.05) is 0 Å². The van der Waals surface area contributed by atoms with Crippen molar-refractivity contribution in [2.75, 3.05) is 14.2 Å². The zero-order valence-electron chi connectivity index (χ0n) is 9.84. The Bertz CT molecular complexity index is 698. The van der Waals surface area contributed by atoms with E-state index in [1.165, 1.54) is 20.2 Å². The highest BCUT2D eigenvalue weighted by Crippen LogP contribution is 2.32. The number of benzene rings is 1. The van der Waals surface area contributed by atoms with Crippen LogP contribution >= 0.6 is 0 Å². The molecule has 1 heterocycles. The van der Waals surface area contributed by atoms with Crippen molar-refractivity contribution in [2.45, 2.75) is 4.90 Å². The molecule has 2 rings (SSSR count). The number of rotatable bonds is 3. The maximum absolute atomic E-state index is 11.7. The van der Waals surface area contributed by atoms with Crippen molar-refractivity contribution in [2.24, 2.45) is 0 Å². The quantitative estimate of drug-likeness (QED) is 0.861. The summed E-state index contributed by atoms with van der Waals surface area (Å²) in [5.41, 5.74) is 0.489. The van der Waals surface area contributed by atoms with Crippen LogP contribution in [0.5, 0.6) is 11.5 Å². The van der Waals surface area contributed by atoms with Gasteiger partial charge in [0.15, 0.2) is 0 Å². The van der Waals surface area contributed by atoms with Crippen molar-refractivity contribution >= 4 is 20.9 Å². The Hall–Kier alpha value is -1.86. The van der Waals surface area contributed by atoms with Crippen molar-refractivity contribution in [3.05, 3.63) is 24.4 Å². The van der Waals surface area contributed by atoms with Crippen LogP contribution in [0.3, 0.4) is 0 Å². The highest BCUT2D eigenvalue weighted by atomic mass is 32.2. The van der Waals surface area contributed by atoms with E-state index >= 15 is 0 Å². The molecule has 1 aromatic heterocycles. The van der Waals surface area contributed by atoms with E-state index in [4.69, 9.17) is 4.74 Å². The normalized spacial score (nSPS) is 11.7. The van der Waals surface area contributed by atoms with Crippen LogP contribution in [-0.2, 0) is 10.0 Å². The van der Waals surface area contributed by atoms with Crippen LogP contribution in [-0.4, -0.2) is 32.7 Å². The molecule has 6 nitrogen and oxygen atoms in total. The summed E-state index contributed by atoms with van der Waals surface area (Å²) in [7, 11) is -0.989. The fourth-order valence-corrected chi connectivity index (χ4v) is 2.35. The standard InChI is InChI=1S/C11H12N2O4S/c1-12-18(15,16)10-6-13-9-4-3-7(17-2)5-8(9)11(10)14/h3-6,12H,1-2H3,(H,13,14). The summed E-state index contributed by atoms with van der Waals surface area (Å²) in [6, 6.07) is 4.86. The third-order valence-corrected chi connectivity index (χ3v) is 3.99. The second-order valence-corrected chi connectivity index (χ2v) is 5.42. The van der Waals surface area contributed by atoms with Gasteiger partial charge in [0, 0.05) is 5.39 Å². The molecule has 0 unspecified atom stereocenters. The van der Waals surface area contributed by atoms with Crippen molar-refractivity contribution in [3.63, 3.8) is 0 Å². The van der Waals surface area contributed by atoms with Crippen LogP contribution < -0.4 is 9.46 Å². The maximum atomic E-state index is 11.7. The Morgan fingerprint density at radius 3 is 2.72 bits per heavy atom. The average Bonchev–Trinajstić information content (AvgIpc) is 2.38. The first-order chi connectivity index (χ1) is 8.49. The molecule has 0 spiro atoms. The molecule has 0 aliphatic rings. The Morgan fingerprint density at radius 1 is 1.39 bits per heavy atom. The predicted octanol–water partition coefficient (Wildman–Crippen LogP) is 0.857. The SMILES string of the molecule is CNS(=O)(=O)c1cnc2ccc(OC)cc2c1O. The number of methoxy groups -OCH3 is 1. The molecule has 2 N–H and O–H groups in total. The van der Waals surface area contributed by atoms with Gasteiger partial charge in [-0.3, -0.25) is 4.98 Å². The third-order valence-electron chi connectivity index (χ3n) is 2.57. The van der Waals surface area contributed by atoms with Crippen molar-refractivity contribution in [1.82, 2.24) is 9.71 Å². The first-order valence-electron chi connectivity index (χ1n) is 5.09. The second-order valence-electron chi connectivity index (χ2n) is 3.56. The minimum atomic E-state index is -3.74. The van der Waals surface area contributed by atoms with E-state index in [-0.39, 0.29) is 10.6 Å². The molecule has 0 radical (unpaired) electrons. The molecule has 2 aromatic rings. The van der Waals surface area contributed by atoms with Crippen LogP contribution in [0.25, 0.3) is 10.9 Å². The number of nitrogens with zero attached hydrogens (tertiary/aromatic N) is 1. The average molecular weight is 268 g/mol. The lowest BCUT2D eigenvalue weighted by Gasteiger charge is -2.08. The molecule has 0 fully saturated rings. The zero-order valence-corrected chi connectivity index (χ0v) is 10.7. The molecule has 7 heteroatoms. The topological polar surface area (TPSA) is 88.5 Å². The van der Waals surface area contributed by atoms with E-state index in [0.717, 1.165) is 6.20 Å². The van der Waals surface area contributed by atoms with Gasteiger partial charge >= 0.3 is 0 Å². The molecular formula is C11H12N2O4S. The third kappa shape index (κ3) is 1.98. The monoisotopic (exact) mass is 268 g/mol. The van der Waals surface area contributed by atoms with Crippen LogP contribution in [0.15, 0.2) is 29.3 Å². The van der Waals surface area contributed by atoms with E-state index in [1.807, 2.05) is 0 Å². The number of pyridine rings is 1. The largest absolute Gasteiger partial charge is 0.506 e. The van der Waals surface area contributed by atoms with Gasteiger partial charge in [0.05, 0.1) is 18.8 Å². The number of nitrogens with one attached hydrogen (secondary N) is 1. The van der Waals surface area contributed by atoms with Gasteiger partial charge in [-0.05, 0) is 25.2 Å². The summed E-state index contributed by atoms with van der Waals surface area (Å²) in [5, 5.41) is 10.3. The summed E-state index contributed by atoms with van der Waals surface area (Å²) in [6.45, 7) is 0. The van der Waals surface area contributed by atoms with E-state index in [9.17, 15) is 13.5 Å². The lowest BCUT2D eigenvalue weighted by atomic mass is 10.2. The lowest BCUT2D eigenvalue weighted by molar-refractivity contribution is 0.414. The summed E-state index contributed by atoms with van der Waals surface area (Å²) < 4.78 is 30.5. The summed E-state index contributed by atoms with van der Waals surface area (Å²) in [5.74, 6) is 0.173. The van der Waals surface area contributed by atoms with Crippen molar-refractivity contribution in [3.8, 4) is 11.5 Å². The smallest absolute Gasteiger partial charge is 0.245 e. The Kier molecular flexibility index (Phi) is 3.10. The Morgan fingerprint density at radius 2 is 2.11 bits per heavy atom. The number of fused-ring (bicyclic) bond motifs is 1. The number of hydrogen-bond donors (Lipinski definition) is 2. The molecule has 0 bridgehead atoms. The van der Waals surface area contributed by atoms with Gasteiger partial charge in [0.1, 0.15) is 16.4 Å². The van der Waals surface area contributed by atoms with Crippen LogP contribution in [0.4, 0.5) is 0 Å². The summed E-state index contributed by atoms with van der Waals surface area (Å²) in [6.07, 6.45) is 1.12. The number of ether oxygens (including phenoxy) is 1. The molecule has 96 valence electrons. The van der Waals surface area contributed by atoms with E-state index in [0.29, 0.717) is 16.7 Å². The van der Waals surface area contributed by atoms with Crippen molar-refractivity contribution < 1.29 is 18.3 Å². The molecule has 1 aromatic carbocycles. The molecule has 0 atom stereocenters. The van der Waals surface area contributed by atoms with Gasteiger partial charge in [-0.25, -0.2) is 13.1 Å². The maximum Gasteiger partial charge on any atom is 0.245 e. The van der Waals surface area contributed by atoms with Gasteiger partial charge in [-0.15, -0.1) is 0 Å². The molecule has 0 aliphatic carbocycles. The molecule has 0 saturated heterocycles. The number of sulfonamides is 1. The number of aromatic nitrogens is 1. The van der Waals surface area contributed by atoms with Gasteiger partial charge < -0.3 is 9.84 Å². The van der Waals surface area contributed by atoms with Crippen LogP contribution in [0, 0.1) is 0 Å². The van der Waals surface area contributed by atoms with Crippen LogP contribution in [0.2, 0.25) is 0 Å². The van der Waals surface area contributed by atoms with Crippen LogP contribution in [0.1, 0.15) is 0 Å². The van der Waals surface area contributed by atoms with Gasteiger partial charge in [0.25, 0.3) is 0 Å². The minimum Gasteiger partial charge on any atom is -0.506 e. The number of hydrogen-bond acceptors (Lipinski definition) is 5. The fraction of sp³-hybridized carbons (Fsp3) is 0.182.